The molecule has 1 aromatic rings. The van der Waals surface area contributed by atoms with Gasteiger partial charge in [0.25, 0.3) is 0 Å². The monoisotopic (exact) mass is 272 g/mol. The van der Waals surface area contributed by atoms with Gasteiger partial charge in [0.05, 0.1) is 13.2 Å². The van der Waals surface area contributed by atoms with Gasteiger partial charge in [-0.15, -0.1) is 0 Å². The molecule has 0 saturated carbocycles. The number of morpholine rings is 1. The van der Waals surface area contributed by atoms with Crippen LogP contribution in [-0.2, 0) is 4.74 Å². The van der Waals surface area contributed by atoms with Gasteiger partial charge in [-0.3, -0.25) is 0 Å². The molecular weight excluding hydrogens is 258 g/mol. The molecule has 3 nitrogen and oxygen atoms in total. The third kappa shape index (κ3) is 2.44. The Morgan fingerprint density at radius 3 is 2.56 bits per heavy atom. The van der Waals surface area contributed by atoms with Crippen molar-refractivity contribution in [1.29, 1.82) is 0 Å². The number of thiocarbonyl (C=S) groups is 1. The summed E-state index contributed by atoms with van der Waals surface area (Å²) in [6.07, 6.45) is 0. The van der Waals surface area contributed by atoms with E-state index in [9.17, 15) is 8.78 Å². The molecule has 0 spiro atoms. The van der Waals surface area contributed by atoms with Gasteiger partial charge in [-0.25, -0.2) is 8.78 Å². The fourth-order valence-corrected chi connectivity index (χ4v) is 2.16. The van der Waals surface area contributed by atoms with Crippen molar-refractivity contribution in [2.45, 2.75) is 13.0 Å². The highest BCUT2D eigenvalue weighted by molar-refractivity contribution is 7.80. The van der Waals surface area contributed by atoms with Gasteiger partial charge in [0.2, 0.25) is 0 Å². The number of anilines is 1. The summed E-state index contributed by atoms with van der Waals surface area (Å²) in [5.41, 5.74) is 5.53. The minimum absolute atomic E-state index is 0.0191. The molecule has 1 aromatic carbocycles. The first-order chi connectivity index (χ1) is 8.50. The Hall–Kier alpha value is -1.27. The minimum Gasteiger partial charge on any atom is -0.389 e. The first kappa shape index (κ1) is 13.2. The van der Waals surface area contributed by atoms with Crippen LogP contribution < -0.4 is 10.6 Å². The lowest BCUT2D eigenvalue weighted by molar-refractivity contribution is 0.0982. The van der Waals surface area contributed by atoms with E-state index in [0.29, 0.717) is 19.8 Å². The Morgan fingerprint density at radius 1 is 1.44 bits per heavy atom. The maximum atomic E-state index is 14.0. The fourth-order valence-electron chi connectivity index (χ4n) is 2.04. The second kappa shape index (κ2) is 5.16. The normalized spacial score (nSPS) is 19.9. The second-order valence-corrected chi connectivity index (χ2v) is 4.71. The highest BCUT2D eigenvalue weighted by atomic mass is 32.1. The SMILES string of the molecule is CC1COCCN1c1c(F)cc(C(N)=S)cc1F. The summed E-state index contributed by atoms with van der Waals surface area (Å²) in [5.74, 6) is -1.29. The molecule has 18 heavy (non-hydrogen) atoms. The van der Waals surface area contributed by atoms with E-state index in [1.807, 2.05) is 6.92 Å². The van der Waals surface area contributed by atoms with Crippen molar-refractivity contribution in [2.24, 2.45) is 5.73 Å². The van der Waals surface area contributed by atoms with Gasteiger partial charge < -0.3 is 15.4 Å². The zero-order valence-corrected chi connectivity index (χ0v) is 10.8. The lowest BCUT2D eigenvalue weighted by atomic mass is 10.1. The van der Waals surface area contributed by atoms with Crippen molar-refractivity contribution >= 4 is 22.9 Å². The van der Waals surface area contributed by atoms with Crippen molar-refractivity contribution in [3.63, 3.8) is 0 Å². The third-order valence-electron chi connectivity index (χ3n) is 2.96. The van der Waals surface area contributed by atoms with Crippen molar-refractivity contribution in [2.75, 3.05) is 24.7 Å². The van der Waals surface area contributed by atoms with E-state index in [2.05, 4.69) is 0 Å². The zero-order chi connectivity index (χ0) is 13.3. The van der Waals surface area contributed by atoms with Gasteiger partial charge in [-0.1, -0.05) is 12.2 Å². The lowest BCUT2D eigenvalue weighted by Crippen LogP contribution is -2.44. The molecule has 1 atom stereocenters. The Kier molecular flexibility index (Phi) is 3.77. The average Bonchev–Trinajstić information content (AvgIpc) is 2.30. The highest BCUT2D eigenvalue weighted by Crippen LogP contribution is 2.27. The first-order valence-electron chi connectivity index (χ1n) is 5.64. The Morgan fingerprint density at radius 2 is 2.06 bits per heavy atom. The van der Waals surface area contributed by atoms with Gasteiger partial charge in [-0.05, 0) is 19.1 Å². The van der Waals surface area contributed by atoms with Crippen LogP contribution in [0.5, 0.6) is 0 Å². The molecule has 0 aliphatic carbocycles. The molecule has 98 valence electrons. The maximum absolute atomic E-state index is 14.0. The summed E-state index contributed by atoms with van der Waals surface area (Å²) in [6.45, 7) is 3.23. The van der Waals surface area contributed by atoms with Crippen molar-refractivity contribution in [3.05, 3.63) is 29.3 Å². The number of halogens is 2. The van der Waals surface area contributed by atoms with Crippen LogP contribution >= 0.6 is 12.2 Å². The van der Waals surface area contributed by atoms with Gasteiger partial charge in [0.1, 0.15) is 22.3 Å². The van der Waals surface area contributed by atoms with Crippen LogP contribution in [0.25, 0.3) is 0 Å². The molecule has 1 saturated heterocycles. The standard InChI is InChI=1S/C12H14F2N2OS/c1-7-6-17-3-2-16(7)11-9(13)4-8(12(15)18)5-10(11)14/h4-5,7H,2-3,6H2,1H3,(H2,15,18). The number of ether oxygens (including phenoxy) is 1. The van der Waals surface area contributed by atoms with Gasteiger partial charge >= 0.3 is 0 Å². The first-order valence-corrected chi connectivity index (χ1v) is 6.04. The predicted molar refractivity (Wildman–Crippen MR) is 69.9 cm³/mol. The van der Waals surface area contributed by atoms with Crippen LogP contribution in [0.2, 0.25) is 0 Å². The molecule has 2 rings (SSSR count). The van der Waals surface area contributed by atoms with Crippen molar-refractivity contribution in [1.82, 2.24) is 0 Å². The molecule has 2 N–H and O–H groups in total. The number of rotatable bonds is 2. The molecule has 1 heterocycles. The van der Waals surface area contributed by atoms with Crippen LogP contribution in [0, 0.1) is 11.6 Å². The third-order valence-corrected chi connectivity index (χ3v) is 3.19. The van der Waals surface area contributed by atoms with Gasteiger partial charge in [0.15, 0.2) is 0 Å². The topological polar surface area (TPSA) is 38.5 Å². The second-order valence-electron chi connectivity index (χ2n) is 4.27. The molecule has 0 amide bonds. The van der Waals surface area contributed by atoms with Crippen LogP contribution in [0.1, 0.15) is 12.5 Å². The molecule has 1 fully saturated rings. The summed E-state index contributed by atoms with van der Waals surface area (Å²) < 4.78 is 33.2. The van der Waals surface area contributed by atoms with E-state index < -0.39 is 11.6 Å². The zero-order valence-electron chi connectivity index (χ0n) is 9.95. The summed E-state index contributed by atoms with van der Waals surface area (Å²) in [7, 11) is 0. The maximum Gasteiger partial charge on any atom is 0.150 e. The van der Waals surface area contributed by atoms with Gasteiger partial charge in [-0.2, -0.15) is 0 Å². The average molecular weight is 272 g/mol. The smallest absolute Gasteiger partial charge is 0.150 e. The molecular formula is C12H14F2N2OS. The molecule has 0 bridgehead atoms. The van der Waals surface area contributed by atoms with Gasteiger partial charge in [0, 0.05) is 18.2 Å². The molecule has 0 radical (unpaired) electrons. The van der Waals surface area contributed by atoms with Crippen LogP contribution in [-0.4, -0.2) is 30.8 Å². The molecule has 1 aliphatic heterocycles. The lowest BCUT2D eigenvalue weighted by Gasteiger charge is -2.35. The summed E-state index contributed by atoms with van der Waals surface area (Å²) in [6, 6.07) is 2.27. The number of benzene rings is 1. The molecule has 0 aromatic heterocycles. The highest BCUT2D eigenvalue weighted by Gasteiger charge is 2.25. The van der Waals surface area contributed by atoms with Crippen LogP contribution in [0.4, 0.5) is 14.5 Å². The summed E-state index contributed by atoms with van der Waals surface area (Å²) in [5, 5.41) is 0. The summed E-state index contributed by atoms with van der Waals surface area (Å²) >= 11 is 4.72. The van der Waals surface area contributed by atoms with Crippen LogP contribution in [0.3, 0.4) is 0 Å². The largest absolute Gasteiger partial charge is 0.389 e. The molecule has 1 aliphatic rings. The Bertz CT molecular complexity index is 458. The Labute approximate surface area is 110 Å². The number of hydrogen-bond donors (Lipinski definition) is 1. The Balaban J connectivity index is 2.41. The molecule has 1 unspecified atom stereocenters. The van der Waals surface area contributed by atoms with E-state index in [4.69, 9.17) is 22.7 Å². The van der Waals surface area contributed by atoms with E-state index in [1.54, 1.807) is 4.90 Å². The summed E-state index contributed by atoms with van der Waals surface area (Å²) in [4.78, 5) is 1.65. The van der Waals surface area contributed by atoms with E-state index in [-0.39, 0.29) is 22.3 Å². The number of hydrogen-bond acceptors (Lipinski definition) is 3. The van der Waals surface area contributed by atoms with E-state index >= 15 is 0 Å². The number of nitrogens with two attached hydrogens (primary N) is 1. The van der Waals surface area contributed by atoms with Crippen molar-refractivity contribution < 1.29 is 13.5 Å². The van der Waals surface area contributed by atoms with E-state index in [0.717, 1.165) is 0 Å². The fraction of sp³-hybridized carbons (Fsp3) is 0.417. The molecule has 6 heteroatoms. The quantitative estimate of drug-likeness (QED) is 0.834. The number of nitrogens with zero attached hydrogens (tertiary/aromatic N) is 1. The minimum atomic E-state index is -0.647. The van der Waals surface area contributed by atoms with E-state index in [1.165, 1.54) is 12.1 Å². The predicted octanol–water partition coefficient (Wildman–Crippen LogP) is 1.82. The van der Waals surface area contributed by atoms with Crippen molar-refractivity contribution in [3.8, 4) is 0 Å². The van der Waals surface area contributed by atoms with Crippen LogP contribution in [0.15, 0.2) is 12.1 Å².